The van der Waals surface area contributed by atoms with Crippen LogP contribution in [-0.4, -0.2) is 87.5 Å². The summed E-state index contributed by atoms with van der Waals surface area (Å²) in [6.45, 7) is 3.89. The number of aliphatic hydroxyl groups excluding tert-OH is 5. The molecule has 80 heavy (non-hydrogen) atoms. The van der Waals surface area contributed by atoms with Crippen molar-refractivity contribution in [2.75, 3.05) is 13.2 Å². The van der Waals surface area contributed by atoms with Crippen molar-refractivity contribution in [3.05, 3.63) is 24.3 Å². The zero-order valence-corrected chi connectivity index (χ0v) is 53.1. The fourth-order valence-corrected chi connectivity index (χ4v) is 11.7. The average molecular weight is 1130 g/mol. The monoisotopic (exact) mass is 1130 g/mol. The van der Waals surface area contributed by atoms with Crippen LogP contribution in [0.1, 0.15) is 367 Å². The first-order valence-electron chi connectivity index (χ1n) is 35.5. The summed E-state index contributed by atoms with van der Waals surface area (Å²) in [4.78, 5) is 13.1. The largest absolute Gasteiger partial charge is 0.394 e. The quantitative estimate of drug-likeness (QED) is 0.0261. The molecule has 6 N–H and O–H groups in total. The summed E-state index contributed by atoms with van der Waals surface area (Å²) in [5, 5.41) is 54.8. The first kappa shape index (κ1) is 76.7. The van der Waals surface area contributed by atoms with E-state index in [9.17, 15) is 30.3 Å². The van der Waals surface area contributed by atoms with Gasteiger partial charge in [-0.2, -0.15) is 0 Å². The Hall–Kier alpha value is -1.33. The molecule has 0 bridgehead atoms. The average Bonchev–Trinajstić information content (AvgIpc) is 3.46. The Morgan fingerprint density at radius 3 is 1.07 bits per heavy atom. The van der Waals surface area contributed by atoms with Gasteiger partial charge in [-0.05, 0) is 44.9 Å². The number of nitrogens with one attached hydrogen (secondary N) is 1. The second kappa shape index (κ2) is 60.8. The van der Waals surface area contributed by atoms with Crippen LogP contribution < -0.4 is 5.32 Å². The molecule has 7 unspecified atom stereocenters. The van der Waals surface area contributed by atoms with Crippen LogP contribution in [-0.2, 0) is 14.3 Å². The van der Waals surface area contributed by atoms with Crippen molar-refractivity contribution in [3.8, 4) is 0 Å². The minimum absolute atomic E-state index is 0.134. The summed E-state index contributed by atoms with van der Waals surface area (Å²) in [7, 11) is 0. The molecular formula is C71H137NO8. The highest BCUT2D eigenvalue weighted by atomic mass is 16.7. The van der Waals surface area contributed by atoms with E-state index in [0.717, 1.165) is 44.9 Å². The van der Waals surface area contributed by atoms with Crippen LogP contribution >= 0.6 is 0 Å². The zero-order valence-electron chi connectivity index (χ0n) is 53.1. The highest BCUT2D eigenvalue weighted by Crippen LogP contribution is 2.24. The third-order valence-electron chi connectivity index (χ3n) is 17.3. The van der Waals surface area contributed by atoms with Crippen molar-refractivity contribution < 1.29 is 39.8 Å². The first-order chi connectivity index (χ1) is 39.3. The van der Waals surface area contributed by atoms with Gasteiger partial charge in [0.2, 0.25) is 5.91 Å². The number of amides is 1. The molecule has 474 valence electrons. The summed E-state index contributed by atoms with van der Waals surface area (Å²) in [6.07, 6.45) is 72.6. The summed E-state index contributed by atoms with van der Waals surface area (Å²) in [5.41, 5.74) is 0. The molecule has 0 aliphatic carbocycles. The molecule has 0 saturated carbocycles. The van der Waals surface area contributed by atoms with Crippen molar-refractivity contribution in [3.63, 3.8) is 0 Å². The van der Waals surface area contributed by atoms with Crippen molar-refractivity contribution in [2.24, 2.45) is 0 Å². The Balaban J connectivity index is 2.04. The van der Waals surface area contributed by atoms with Crippen LogP contribution in [0, 0.1) is 0 Å². The van der Waals surface area contributed by atoms with Crippen LogP contribution in [0.3, 0.4) is 0 Å². The molecule has 1 saturated heterocycles. The number of rotatable bonds is 63. The van der Waals surface area contributed by atoms with Gasteiger partial charge in [-0.15, -0.1) is 0 Å². The van der Waals surface area contributed by atoms with Crippen LogP contribution in [0.5, 0.6) is 0 Å². The zero-order chi connectivity index (χ0) is 57.9. The second-order valence-electron chi connectivity index (χ2n) is 25.0. The molecule has 9 heteroatoms. The van der Waals surface area contributed by atoms with Gasteiger partial charge in [0.25, 0.3) is 0 Å². The minimum atomic E-state index is -1.55. The third-order valence-corrected chi connectivity index (χ3v) is 17.3. The van der Waals surface area contributed by atoms with Crippen molar-refractivity contribution >= 4 is 5.91 Å². The molecule has 1 heterocycles. The Kier molecular flexibility index (Phi) is 58.3. The molecule has 1 aliphatic rings. The van der Waals surface area contributed by atoms with E-state index in [4.69, 9.17) is 9.47 Å². The molecule has 9 nitrogen and oxygen atoms in total. The van der Waals surface area contributed by atoms with Gasteiger partial charge in [0.15, 0.2) is 6.29 Å². The van der Waals surface area contributed by atoms with E-state index in [-0.39, 0.29) is 12.5 Å². The lowest BCUT2D eigenvalue weighted by atomic mass is 9.99. The maximum absolute atomic E-state index is 13.1. The number of carbonyl (C=O) groups is 1. The predicted molar refractivity (Wildman–Crippen MR) is 341 cm³/mol. The van der Waals surface area contributed by atoms with Gasteiger partial charge in [0, 0.05) is 6.42 Å². The van der Waals surface area contributed by atoms with Gasteiger partial charge in [0.1, 0.15) is 24.4 Å². The minimum Gasteiger partial charge on any atom is -0.394 e. The number of carbonyl (C=O) groups excluding carboxylic acids is 1. The van der Waals surface area contributed by atoms with E-state index < -0.39 is 49.5 Å². The third kappa shape index (κ3) is 49.0. The predicted octanol–water partition coefficient (Wildman–Crippen LogP) is 19.3. The smallest absolute Gasteiger partial charge is 0.220 e. The van der Waals surface area contributed by atoms with E-state index in [1.54, 1.807) is 0 Å². The molecule has 0 aromatic rings. The molecule has 1 aliphatic heterocycles. The van der Waals surface area contributed by atoms with Gasteiger partial charge >= 0.3 is 0 Å². The van der Waals surface area contributed by atoms with Gasteiger partial charge in [0.05, 0.1) is 25.4 Å². The number of aliphatic hydroxyl groups is 5. The van der Waals surface area contributed by atoms with Crippen LogP contribution in [0.25, 0.3) is 0 Å². The summed E-state index contributed by atoms with van der Waals surface area (Å²) >= 11 is 0. The second-order valence-corrected chi connectivity index (χ2v) is 25.0. The van der Waals surface area contributed by atoms with Gasteiger partial charge in [-0.1, -0.05) is 340 Å². The van der Waals surface area contributed by atoms with E-state index >= 15 is 0 Å². The number of ether oxygens (including phenoxy) is 2. The van der Waals surface area contributed by atoms with Crippen molar-refractivity contribution in [1.29, 1.82) is 0 Å². The fraction of sp³-hybridized carbons (Fsp3) is 0.930. The highest BCUT2D eigenvalue weighted by molar-refractivity contribution is 5.76. The van der Waals surface area contributed by atoms with E-state index in [1.807, 2.05) is 0 Å². The number of allylic oxidation sites excluding steroid dienone is 4. The fourth-order valence-electron chi connectivity index (χ4n) is 11.7. The van der Waals surface area contributed by atoms with E-state index in [0.29, 0.717) is 12.8 Å². The molecule has 1 rings (SSSR count). The lowest BCUT2D eigenvalue weighted by Gasteiger charge is -2.40. The van der Waals surface area contributed by atoms with E-state index in [1.165, 1.54) is 295 Å². The molecule has 0 radical (unpaired) electrons. The Bertz CT molecular complexity index is 1310. The molecule has 0 aromatic heterocycles. The number of hydrogen-bond donors (Lipinski definition) is 6. The van der Waals surface area contributed by atoms with Crippen LogP contribution in [0.4, 0.5) is 0 Å². The number of hydrogen-bond acceptors (Lipinski definition) is 8. The summed E-state index contributed by atoms with van der Waals surface area (Å²) in [6, 6.07) is -0.718. The maximum atomic E-state index is 13.1. The van der Waals surface area contributed by atoms with Crippen molar-refractivity contribution in [2.45, 2.75) is 410 Å². The Labute approximate surface area is 496 Å². The first-order valence-corrected chi connectivity index (χ1v) is 35.5. The van der Waals surface area contributed by atoms with E-state index in [2.05, 4.69) is 43.5 Å². The lowest BCUT2D eigenvalue weighted by Crippen LogP contribution is -2.60. The molecule has 7 atom stereocenters. The topological polar surface area (TPSA) is 149 Å². The molecular weight excluding hydrogens is 995 g/mol. The molecule has 1 amide bonds. The summed E-state index contributed by atoms with van der Waals surface area (Å²) in [5.74, 6) is -0.137. The highest BCUT2D eigenvalue weighted by Gasteiger charge is 2.44. The number of unbranched alkanes of at least 4 members (excludes halogenated alkanes) is 49. The molecule has 0 aromatic carbocycles. The SMILES string of the molecule is CCCCCCCCCCCCCCCCC/C=C\C/C=C\CCCCCCCCCCCCCCCCCCCC(=O)NC(COC1OC(CO)C(O)C(O)C1O)C(O)CCCCCCCCCCCCCCCCCCCC. The summed E-state index contributed by atoms with van der Waals surface area (Å²) < 4.78 is 11.4. The van der Waals surface area contributed by atoms with Gasteiger partial charge in [-0.25, -0.2) is 0 Å². The molecule has 1 fully saturated rings. The Morgan fingerprint density at radius 1 is 0.425 bits per heavy atom. The Morgan fingerprint density at radius 2 is 0.738 bits per heavy atom. The van der Waals surface area contributed by atoms with Crippen molar-refractivity contribution in [1.82, 2.24) is 5.32 Å². The molecule has 0 spiro atoms. The van der Waals surface area contributed by atoms with Gasteiger partial charge in [-0.3, -0.25) is 4.79 Å². The van der Waals surface area contributed by atoms with Crippen LogP contribution in [0.15, 0.2) is 24.3 Å². The maximum Gasteiger partial charge on any atom is 0.220 e. The normalized spacial score (nSPS) is 18.5. The standard InChI is InChI=1S/C71H137NO8/c1-3-5-7-9-11-13-15-17-19-21-23-24-25-26-27-28-29-30-31-32-33-34-35-36-37-38-39-40-41-42-43-45-47-49-51-53-55-57-59-61-67(75)72-64(63-79-71-70(78)69(77)68(76)66(62-73)80-71)65(74)60-58-56-54-52-50-48-46-44-22-20-18-16-14-12-10-8-6-4-2/h29-30,32-33,64-66,68-71,73-74,76-78H,3-28,31,34-63H2,1-2H3,(H,72,75)/b30-29-,33-32-. The van der Waals surface area contributed by atoms with Crippen LogP contribution in [0.2, 0.25) is 0 Å². The lowest BCUT2D eigenvalue weighted by molar-refractivity contribution is -0.302. The van der Waals surface area contributed by atoms with Gasteiger partial charge < -0.3 is 40.3 Å².